The van der Waals surface area contributed by atoms with Gasteiger partial charge in [-0.25, -0.2) is 34.4 Å². The summed E-state index contributed by atoms with van der Waals surface area (Å²) < 4.78 is 92.0. The maximum atomic E-state index is 14.2. The summed E-state index contributed by atoms with van der Waals surface area (Å²) in [5.74, 6) is -0.989. The third kappa shape index (κ3) is 4.90. The van der Waals surface area contributed by atoms with Crippen molar-refractivity contribution in [3.8, 4) is 0 Å². The van der Waals surface area contributed by atoms with E-state index in [0.29, 0.717) is 5.56 Å². The molecule has 0 aliphatic rings. The van der Waals surface area contributed by atoms with Crippen LogP contribution in [0.1, 0.15) is 18.5 Å². The van der Waals surface area contributed by atoms with Gasteiger partial charge >= 0.3 is 0 Å². The van der Waals surface area contributed by atoms with Crippen LogP contribution in [-0.2, 0) is 29.7 Å². The average Bonchev–Trinajstić information content (AvgIpc) is 2.73. The van der Waals surface area contributed by atoms with Gasteiger partial charge in [-0.2, -0.15) is 0 Å². The lowest BCUT2D eigenvalue weighted by atomic mass is 10.1. The van der Waals surface area contributed by atoms with Crippen LogP contribution >= 0.6 is 0 Å². The summed E-state index contributed by atoms with van der Waals surface area (Å²) in [5.41, 5.74) is 0.515. The van der Waals surface area contributed by atoms with Gasteiger partial charge in [0.05, 0.1) is 20.9 Å². The molecule has 32 heavy (non-hydrogen) atoms. The Kier molecular flexibility index (Phi) is 6.57. The van der Waals surface area contributed by atoms with Crippen LogP contribution in [0.2, 0.25) is 0 Å². The molecule has 0 aliphatic carbocycles. The minimum atomic E-state index is -4.46. The SMILES string of the molecule is C[C@H](NS(C)(=O)=O)c1ccc(S(=O)(=O)c2ccccc2S(=O)(=O)c2ccccc2F)cc1. The van der Waals surface area contributed by atoms with Crippen LogP contribution in [0.4, 0.5) is 4.39 Å². The molecule has 7 nitrogen and oxygen atoms in total. The van der Waals surface area contributed by atoms with Crippen molar-refractivity contribution in [1.29, 1.82) is 0 Å². The van der Waals surface area contributed by atoms with E-state index < -0.39 is 56.2 Å². The van der Waals surface area contributed by atoms with Gasteiger partial charge in [0.1, 0.15) is 10.7 Å². The number of sulfonamides is 1. The first-order chi connectivity index (χ1) is 14.8. The number of benzene rings is 3. The van der Waals surface area contributed by atoms with Gasteiger partial charge in [-0.05, 0) is 48.9 Å². The summed E-state index contributed by atoms with van der Waals surface area (Å²) in [6, 6.07) is 14.5. The minimum absolute atomic E-state index is 0.191. The van der Waals surface area contributed by atoms with E-state index in [1.165, 1.54) is 48.5 Å². The van der Waals surface area contributed by atoms with Gasteiger partial charge in [-0.15, -0.1) is 0 Å². The second-order valence-corrected chi connectivity index (χ2v) is 12.6. The first-order valence-electron chi connectivity index (χ1n) is 9.25. The summed E-state index contributed by atoms with van der Waals surface area (Å²) in [7, 11) is -12.2. The standard InChI is InChI=1S/C21H20FNO6S3/c1-15(23-30(2,24)25)16-11-13-17(14-12-16)31(26,27)20-9-5-6-10-21(20)32(28,29)19-8-4-3-7-18(19)22/h3-15,23H,1-2H3/t15-/m0/s1. The molecule has 3 aromatic carbocycles. The Morgan fingerprint density at radius 1 is 0.688 bits per heavy atom. The highest BCUT2D eigenvalue weighted by Crippen LogP contribution is 2.32. The zero-order valence-electron chi connectivity index (χ0n) is 17.1. The molecule has 11 heteroatoms. The molecule has 0 bridgehead atoms. The van der Waals surface area contributed by atoms with E-state index >= 15 is 0 Å². The van der Waals surface area contributed by atoms with Gasteiger partial charge < -0.3 is 0 Å². The zero-order valence-corrected chi connectivity index (χ0v) is 19.5. The van der Waals surface area contributed by atoms with Crippen molar-refractivity contribution >= 4 is 29.7 Å². The van der Waals surface area contributed by atoms with Crippen molar-refractivity contribution in [2.75, 3.05) is 6.26 Å². The number of hydrogen-bond acceptors (Lipinski definition) is 6. The van der Waals surface area contributed by atoms with Gasteiger partial charge in [0.15, 0.2) is 0 Å². The highest BCUT2D eigenvalue weighted by atomic mass is 32.2. The Bertz CT molecular complexity index is 1470. The molecule has 3 rings (SSSR count). The second-order valence-electron chi connectivity index (χ2n) is 7.06. The van der Waals surface area contributed by atoms with E-state index in [-0.39, 0.29) is 4.90 Å². The Hall–Kier alpha value is -2.60. The minimum Gasteiger partial charge on any atom is -0.218 e. The van der Waals surface area contributed by atoms with Crippen molar-refractivity contribution in [3.05, 3.63) is 84.2 Å². The quantitative estimate of drug-likeness (QED) is 0.537. The second kappa shape index (κ2) is 8.74. The highest BCUT2D eigenvalue weighted by Gasteiger charge is 2.30. The predicted molar refractivity (Wildman–Crippen MR) is 117 cm³/mol. The molecule has 0 saturated heterocycles. The Morgan fingerprint density at radius 2 is 1.16 bits per heavy atom. The molecule has 0 heterocycles. The molecule has 0 aromatic heterocycles. The summed E-state index contributed by atoms with van der Waals surface area (Å²) in [5, 5.41) is 0. The van der Waals surface area contributed by atoms with Crippen molar-refractivity contribution in [3.63, 3.8) is 0 Å². The van der Waals surface area contributed by atoms with Crippen molar-refractivity contribution in [2.45, 2.75) is 32.5 Å². The van der Waals surface area contributed by atoms with Crippen molar-refractivity contribution < 1.29 is 29.6 Å². The lowest BCUT2D eigenvalue weighted by molar-refractivity contribution is 0.562. The van der Waals surface area contributed by atoms with Gasteiger partial charge in [0.25, 0.3) is 0 Å². The van der Waals surface area contributed by atoms with Crippen LogP contribution in [-0.4, -0.2) is 31.5 Å². The fraction of sp³-hybridized carbons (Fsp3) is 0.143. The summed E-state index contributed by atoms with van der Waals surface area (Å²) in [6.07, 6.45) is 1.01. The van der Waals surface area contributed by atoms with E-state index in [0.717, 1.165) is 30.5 Å². The molecule has 0 unspecified atom stereocenters. The molecule has 170 valence electrons. The molecule has 0 saturated carbocycles. The monoisotopic (exact) mass is 497 g/mol. The lowest BCUT2D eigenvalue weighted by Crippen LogP contribution is -2.25. The normalized spacial score (nSPS) is 13.6. The maximum Gasteiger partial charge on any atom is 0.210 e. The van der Waals surface area contributed by atoms with Gasteiger partial charge in [-0.3, -0.25) is 0 Å². The largest absolute Gasteiger partial charge is 0.218 e. The summed E-state index contributed by atoms with van der Waals surface area (Å²) in [4.78, 5) is -1.85. The summed E-state index contributed by atoms with van der Waals surface area (Å²) in [6.45, 7) is 1.60. The molecule has 1 atom stereocenters. The van der Waals surface area contributed by atoms with Crippen molar-refractivity contribution in [2.24, 2.45) is 0 Å². The fourth-order valence-corrected chi connectivity index (χ4v) is 7.31. The number of rotatable bonds is 7. The van der Waals surface area contributed by atoms with Crippen LogP contribution in [0.25, 0.3) is 0 Å². The van der Waals surface area contributed by atoms with E-state index in [9.17, 15) is 29.6 Å². The fourth-order valence-electron chi connectivity index (χ4n) is 3.13. The molecule has 1 N–H and O–H groups in total. The lowest BCUT2D eigenvalue weighted by Gasteiger charge is -2.14. The third-order valence-electron chi connectivity index (χ3n) is 4.64. The molecular weight excluding hydrogens is 477 g/mol. The van der Waals surface area contributed by atoms with Crippen LogP contribution in [0.3, 0.4) is 0 Å². The Morgan fingerprint density at radius 3 is 1.66 bits per heavy atom. The molecule has 3 aromatic rings. The highest BCUT2D eigenvalue weighted by molar-refractivity contribution is 7.94. The van der Waals surface area contributed by atoms with E-state index in [1.54, 1.807) is 6.92 Å². The smallest absolute Gasteiger partial charge is 0.210 e. The van der Waals surface area contributed by atoms with Crippen LogP contribution in [0, 0.1) is 5.82 Å². The Balaban J connectivity index is 2.07. The molecule has 0 radical (unpaired) electrons. The molecule has 0 aliphatic heterocycles. The molecule has 0 fully saturated rings. The van der Waals surface area contributed by atoms with Crippen molar-refractivity contribution in [1.82, 2.24) is 4.72 Å². The predicted octanol–water partition coefficient (Wildman–Crippen LogP) is 3.10. The number of nitrogens with one attached hydrogen (secondary N) is 1. The van der Waals surface area contributed by atoms with Crippen LogP contribution in [0.15, 0.2) is 92.4 Å². The molecular formula is C21H20FNO6S3. The van der Waals surface area contributed by atoms with Gasteiger partial charge in [-0.1, -0.05) is 36.4 Å². The Labute approximate surface area is 186 Å². The first kappa shape index (κ1) is 24.1. The topological polar surface area (TPSA) is 114 Å². The molecule has 0 spiro atoms. The number of halogens is 1. The van der Waals surface area contributed by atoms with E-state index in [4.69, 9.17) is 0 Å². The third-order valence-corrected chi connectivity index (χ3v) is 9.22. The van der Waals surface area contributed by atoms with Gasteiger partial charge in [0, 0.05) is 6.04 Å². The maximum absolute atomic E-state index is 14.2. The average molecular weight is 498 g/mol. The van der Waals surface area contributed by atoms with E-state index in [1.807, 2.05) is 0 Å². The summed E-state index contributed by atoms with van der Waals surface area (Å²) >= 11 is 0. The van der Waals surface area contributed by atoms with E-state index in [2.05, 4.69) is 4.72 Å². The molecule has 0 amide bonds. The first-order valence-corrected chi connectivity index (χ1v) is 14.1. The van der Waals surface area contributed by atoms with Gasteiger partial charge in [0.2, 0.25) is 29.7 Å². The number of hydrogen-bond donors (Lipinski definition) is 1. The zero-order chi connectivity index (χ0) is 23.7. The van der Waals surface area contributed by atoms with Crippen LogP contribution in [0.5, 0.6) is 0 Å². The number of sulfone groups is 2. The van der Waals surface area contributed by atoms with Crippen LogP contribution < -0.4 is 4.72 Å².